The Bertz CT molecular complexity index is 1020. The number of carbonyl (C=O) groups excluding carboxylic acids is 1. The SMILES string of the molecule is Cc1cccc(-c2ccc(C(=O)NCc3cc(F)cc4c3OCOC4)cn2)c1. The van der Waals surface area contributed by atoms with Crippen molar-refractivity contribution in [3.63, 3.8) is 0 Å². The first kappa shape index (κ1) is 18.1. The van der Waals surface area contributed by atoms with Crippen molar-refractivity contribution in [1.29, 1.82) is 0 Å². The van der Waals surface area contributed by atoms with Gasteiger partial charge in [-0.15, -0.1) is 0 Å². The number of hydrogen-bond acceptors (Lipinski definition) is 4. The summed E-state index contributed by atoms with van der Waals surface area (Å²) in [6.45, 7) is 2.58. The molecular weight excluding hydrogens is 359 g/mol. The van der Waals surface area contributed by atoms with E-state index in [-0.39, 0.29) is 25.1 Å². The summed E-state index contributed by atoms with van der Waals surface area (Å²) in [5, 5.41) is 2.79. The van der Waals surface area contributed by atoms with E-state index < -0.39 is 0 Å². The fourth-order valence-electron chi connectivity index (χ4n) is 3.17. The number of rotatable bonds is 4. The highest BCUT2D eigenvalue weighted by molar-refractivity contribution is 5.94. The van der Waals surface area contributed by atoms with Crippen LogP contribution in [0, 0.1) is 12.7 Å². The van der Waals surface area contributed by atoms with Crippen LogP contribution in [0.1, 0.15) is 27.0 Å². The minimum atomic E-state index is -0.388. The van der Waals surface area contributed by atoms with Crippen LogP contribution in [0.15, 0.2) is 54.7 Å². The maximum atomic E-state index is 13.8. The second-order valence-corrected chi connectivity index (χ2v) is 6.65. The van der Waals surface area contributed by atoms with Crippen LogP contribution in [-0.4, -0.2) is 17.7 Å². The standard InChI is InChI=1S/C22H19FN2O3/c1-14-3-2-4-15(7-14)20-6-5-16(10-24-20)22(26)25-11-17-8-19(23)9-18-12-27-13-28-21(17)18/h2-10H,11-13H2,1H3,(H,25,26). The number of aromatic nitrogens is 1. The monoisotopic (exact) mass is 378 g/mol. The first-order valence-corrected chi connectivity index (χ1v) is 8.93. The van der Waals surface area contributed by atoms with Crippen LogP contribution in [0.5, 0.6) is 5.75 Å². The van der Waals surface area contributed by atoms with Crippen LogP contribution in [0.4, 0.5) is 4.39 Å². The lowest BCUT2D eigenvalue weighted by Gasteiger charge is -2.21. The molecule has 2 heterocycles. The molecule has 0 unspecified atom stereocenters. The first-order valence-electron chi connectivity index (χ1n) is 8.93. The van der Waals surface area contributed by atoms with Gasteiger partial charge in [0.05, 0.1) is 17.9 Å². The van der Waals surface area contributed by atoms with Crippen LogP contribution in [-0.2, 0) is 17.9 Å². The third-order valence-corrected chi connectivity index (χ3v) is 4.53. The fraction of sp³-hybridized carbons (Fsp3) is 0.182. The molecule has 1 amide bonds. The van der Waals surface area contributed by atoms with E-state index in [1.54, 1.807) is 12.3 Å². The number of aryl methyl sites for hydroxylation is 1. The average molecular weight is 378 g/mol. The number of fused-ring (bicyclic) bond motifs is 1. The molecule has 5 nitrogen and oxygen atoms in total. The van der Waals surface area contributed by atoms with Crippen molar-refractivity contribution in [2.75, 3.05) is 6.79 Å². The first-order chi connectivity index (χ1) is 13.6. The number of amides is 1. The summed E-state index contributed by atoms with van der Waals surface area (Å²) >= 11 is 0. The lowest BCUT2D eigenvalue weighted by Crippen LogP contribution is -2.24. The summed E-state index contributed by atoms with van der Waals surface area (Å²) in [4.78, 5) is 16.9. The summed E-state index contributed by atoms with van der Waals surface area (Å²) in [6.07, 6.45) is 1.54. The highest BCUT2D eigenvalue weighted by Gasteiger charge is 2.17. The van der Waals surface area contributed by atoms with Crippen LogP contribution < -0.4 is 10.1 Å². The van der Waals surface area contributed by atoms with E-state index in [0.717, 1.165) is 16.8 Å². The summed E-state index contributed by atoms with van der Waals surface area (Å²) in [5.74, 6) is -0.101. The highest BCUT2D eigenvalue weighted by Crippen LogP contribution is 2.29. The van der Waals surface area contributed by atoms with E-state index in [1.807, 2.05) is 37.3 Å². The summed E-state index contributed by atoms with van der Waals surface area (Å²) in [7, 11) is 0. The Balaban J connectivity index is 1.47. The van der Waals surface area contributed by atoms with Crippen LogP contribution in [0.2, 0.25) is 0 Å². The Morgan fingerprint density at radius 1 is 1.21 bits per heavy atom. The van der Waals surface area contributed by atoms with E-state index >= 15 is 0 Å². The van der Waals surface area contributed by atoms with Crippen LogP contribution in [0.3, 0.4) is 0 Å². The third kappa shape index (κ3) is 3.87. The highest BCUT2D eigenvalue weighted by atomic mass is 19.1. The molecular formula is C22H19FN2O3. The molecule has 0 bridgehead atoms. The zero-order valence-corrected chi connectivity index (χ0v) is 15.4. The number of pyridine rings is 1. The van der Waals surface area contributed by atoms with Gasteiger partial charge in [-0.2, -0.15) is 0 Å². The average Bonchev–Trinajstić information content (AvgIpc) is 2.72. The lowest BCUT2D eigenvalue weighted by molar-refractivity contribution is -0.0173. The van der Waals surface area contributed by atoms with Gasteiger partial charge in [0.2, 0.25) is 0 Å². The fourth-order valence-corrected chi connectivity index (χ4v) is 3.17. The van der Waals surface area contributed by atoms with Gasteiger partial charge in [0.15, 0.2) is 6.79 Å². The van der Waals surface area contributed by atoms with Crippen molar-refractivity contribution in [1.82, 2.24) is 10.3 Å². The number of ether oxygens (including phenoxy) is 2. The van der Waals surface area contributed by atoms with Gasteiger partial charge in [0.1, 0.15) is 11.6 Å². The number of nitrogens with one attached hydrogen (secondary N) is 1. The molecule has 2 aromatic carbocycles. The molecule has 0 radical (unpaired) electrons. The largest absolute Gasteiger partial charge is 0.467 e. The molecule has 28 heavy (non-hydrogen) atoms. The quantitative estimate of drug-likeness (QED) is 0.746. The topological polar surface area (TPSA) is 60.5 Å². The maximum absolute atomic E-state index is 13.8. The Labute approximate surface area is 162 Å². The Kier molecular flexibility index (Phi) is 5.04. The maximum Gasteiger partial charge on any atom is 0.253 e. The molecule has 4 rings (SSSR count). The van der Waals surface area contributed by atoms with Gasteiger partial charge in [-0.25, -0.2) is 4.39 Å². The molecule has 1 aliphatic rings. The molecule has 0 saturated heterocycles. The molecule has 1 aromatic heterocycles. The number of halogens is 1. The predicted molar refractivity (Wildman–Crippen MR) is 102 cm³/mol. The predicted octanol–water partition coefficient (Wildman–Crippen LogP) is 3.99. The zero-order chi connectivity index (χ0) is 19.5. The second kappa shape index (κ2) is 7.78. The second-order valence-electron chi connectivity index (χ2n) is 6.65. The van der Waals surface area contributed by atoms with E-state index in [0.29, 0.717) is 29.0 Å². The van der Waals surface area contributed by atoms with Crippen molar-refractivity contribution in [2.45, 2.75) is 20.1 Å². The summed E-state index contributed by atoms with van der Waals surface area (Å²) in [5.41, 5.74) is 4.60. The molecule has 0 spiro atoms. The van der Waals surface area contributed by atoms with Gasteiger partial charge < -0.3 is 14.8 Å². The lowest BCUT2D eigenvalue weighted by atomic mass is 10.1. The Morgan fingerprint density at radius 3 is 2.89 bits per heavy atom. The molecule has 1 aliphatic heterocycles. The van der Waals surface area contributed by atoms with Crippen LogP contribution >= 0.6 is 0 Å². The molecule has 0 saturated carbocycles. The molecule has 0 aliphatic carbocycles. The normalized spacial score (nSPS) is 12.8. The van der Waals surface area contributed by atoms with E-state index in [1.165, 1.54) is 12.1 Å². The van der Waals surface area contributed by atoms with Gasteiger partial charge in [-0.05, 0) is 37.3 Å². The number of carbonyl (C=O) groups is 1. The van der Waals surface area contributed by atoms with Gasteiger partial charge in [0.25, 0.3) is 5.91 Å². The van der Waals surface area contributed by atoms with Crippen molar-refractivity contribution >= 4 is 5.91 Å². The summed E-state index contributed by atoms with van der Waals surface area (Å²) < 4.78 is 24.4. The number of hydrogen-bond donors (Lipinski definition) is 1. The van der Waals surface area contributed by atoms with E-state index in [2.05, 4.69) is 10.3 Å². The molecule has 1 N–H and O–H groups in total. The van der Waals surface area contributed by atoms with E-state index in [4.69, 9.17) is 9.47 Å². The number of nitrogens with zero attached hydrogens (tertiary/aromatic N) is 1. The Morgan fingerprint density at radius 2 is 2.11 bits per heavy atom. The van der Waals surface area contributed by atoms with Crippen molar-refractivity contribution in [3.05, 3.63) is 82.8 Å². The van der Waals surface area contributed by atoms with Gasteiger partial charge in [-0.1, -0.05) is 23.8 Å². The molecule has 6 heteroatoms. The van der Waals surface area contributed by atoms with Gasteiger partial charge in [-0.3, -0.25) is 9.78 Å². The van der Waals surface area contributed by atoms with Crippen molar-refractivity contribution in [3.8, 4) is 17.0 Å². The molecule has 142 valence electrons. The number of benzene rings is 2. The Hall–Kier alpha value is -3.25. The molecule has 3 aromatic rings. The minimum Gasteiger partial charge on any atom is -0.467 e. The zero-order valence-electron chi connectivity index (χ0n) is 15.4. The van der Waals surface area contributed by atoms with E-state index in [9.17, 15) is 9.18 Å². The molecule has 0 atom stereocenters. The third-order valence-electron chi connectivity index (χ3n) is 4.53. The minimum absolute atomic E-state index is 0.115. The van der Waals surface area contributed by atoms with Crippen molar-refractivity contribution in [2.24, 2.45) is 0 Å². The van der Waals surface area contributed by atoms with Gasteiger partial charge >= 0.3 is 0 Å². The smallest absolute Gasteiger partial charge is 0.253 e. The molecule has 0 fully saturated rings. The summed E-state index contributed by atoms with van der Waals surface area (Å²) in [6, 6.07) is 14.3. The van der Waals surface area contributed by atoms with Gasteiger partial charge in [0, 0.05) is 29.4 Å². The van der Waals surface area contributed by atoms with Crippen molar-refractivity contribution < 1.29 is 18.7 Å². The van der Waals surface area contributed by atoms with Crippen LogP contribution in [0.25, 0.3) is 11.3 Å².